The maximum Gasteiger partial charge on any atom is 0.255 e. The van der Waals surface area contributed by atoms with E-state index < -0.39 is 6.10 Å². The predicted molar refractivity (Wildman–Crippen MR) is 119 cm³/mol. The van der Waals surface area contributed by atoms with Crippen molar-refractivity contribution in [1.82, 2.24) is 24.6 Å². The summed E-state index contributed by atoms with van der Waals surface area (Å²) in [6.07, 6.45) is 8.71. The van der Waals surface area contributed by atoms with Crippen molar-refractivity contribution in [2.45, 2.75) is 38.0 Å². The maximum absolute atomic E-state index is 14.9. The molecule has 0 spiro atoms. The Labute approximate surface area is 184 Å². The lowest BCUT2D eigenvalue weighted by Gasteiger charge is -2.15. The van der Waals surface area contributed by atoms with Gasteiger partial charge in [0.2, 0.25) is 0 Å². The standard InChI is InChI=1S/C24H24FN5O2/c1-29-12-17(11-27-29)15-7-8-16(19(25)10-15)13-30-14-18(23-21(30)5-3-9-26-23)24(32)28-20-4-2-6-22(20)31/h3,5,7-12,14,20,22,31H,2,4,6,13H2,1H3,(H,28,32)/t20-,22-/m0/s1. The van der Waals surface area contributed by atoms with Crippen molar-refractivity contribution in [2.24, 2.45) is 7.05 Å². The summed E-state index contributed by atoms with van der Waals surface area (Å²) in [6.45, 7) is 0.265. The summed E-state index contributed by atoms with van der Waals surface area (Å²) in [4.78, 5) is 17.3. The highest BCUT2D eigenvalue weighted by atomic mass is 19.1. The normalized spacial score (nSPS) is 18.3. The summed E-state index contributed by atoms with van der Waals surface area (Å²) in [7, 11) is 1.82. The number of aliphatic hydroxyl groups is 1. The average molecular weight is 433 g/mol. The summed E-state index contributed by atoms with van der Waals surface area (Å²) in [5.41, 5.74) is 3.85. The summed E-state index contributed by atoms with van der Waals surface area (Å²) in [5.74, 6) is -0.594. The number of carbonyl (C=O) groups is 1. The molecule has 32 heavy (non-hydrogen) atoms. The van der Waals surface area contributed by atoms with Crippen LogP contribution in [0, 0.1) is 5.82 Å². The van der Waals surface area contributed by atoms with E-state index in [0.29, 0.717) is 23.1 Å². The molecule has 0 saturated heterocycles. The van der Waals surface area contributed by atoms with E-state index in [4.69, 9.17) is 0 Å². The molecule has 4 aromatic rings. The lowest BCUT2D eigenvalue weighted by Crippen LogP contribution is -2.39. The van der Waals surface area contributed by atoms with Gasteiger partial charge in [0.1, 0.15) is 11.3 Å². The van der Waals surface area contributed by atoms with Crippen LogP contribution in [0.5, 0.6) is 0 Å². The van der Waals surface area contributed by atoms with E-state index in [1.54, 1.807) is 35.4 Å². The molecule has 5 rings (SSSR count). The van der Waals surface area contributed by atoms with Gasteiger partial charge in [-0.2, -0.15) is 5.10 Å². The van der Waals surface area contributed by atoms with Crippen molar-refractivity contribution in [1.29, 1.82) is 0 Å². The minimum absolute atomic E-state index is 0.248. The lowest BCUT2D eigenvalue weighted by atomic mass is 10.1. The number of hydrogen-bond donors (Lipinski definition) is 2. The SMILES string of the molecule is Cn1cc(-c2ccc(Cn3cc(C(=O)N[C@H]4CCC[C@@H]4O)c4ncccc43)c(F)c2)cn1. The second kappa shape index (κ2) is 8.20. The molecule has 164 valence electrons. The molecule has 2 N–H and O–H groups in total. The second-order valence-corrected chi connectivity index (χ2v) is 8.33. The summed E-state index contributed by atoms with van der Waals surface area (Å²) < 4.78 is 18.5. The highest BCUT2D eigenvalue weighted by Gasteiger charge is 2.28. The molecular weight excluding hydrogens is 409 g/mol. The number of rotatable bonds is 5. The van der Waals surface area contributed by atoms with Gasteiger partial charge in [0, 0.05) is 36.8 Å². The molecule has 1 aromatic carbocycles. The molecule has 0 aliphatic heterocycles. The summed E-state index contributed by atoms with van der Waals surface area (Å²) in [5, 5.41) is 17.1. The fraction of sp³-hybridized carbons (Fsp3) is 0.292. The molecule has 1 aliphatic carbocycles. The second-order valence-electron chi connectivity index (χ2n) is 8.33. The molecule has 3 heterocycles. The molecule has 0 bridgehead atoms. The van der Waals surface area contributed by atoms with Gasteiger partial charge in [-0.1, -0.05) is 12.1 Å². The Kier molecular flexibility index (Phi) is 5.22. The minimum atomic E-state index is -0.521. The topological polar surface area (TPSA) is 85.0 Å². The van der Waals surface area contributed by atoms with Crippen LogP contribution in [0.1, 0.15) is 35.2 Å². The van der Waals surface area contributed by atoms with Gasteiger partial charge in [-0.3, -0.25) is 14.5 Å². The largest absolute Gasteiger partial charge is 0.391 e. The molecule has 1 saturated carbocycles. The molecule has 0 radical (unpaired) electrons. The minimum Gasteiger partial charge on any atom is -0.391 e. The first-order valence-corrected chi connectivity index (χ1v) is 10.7. The Bertz CT molecular complexity index is 1290. The number of halogens is 1. The predicted octanol–water partition coefficient (Wildman–Crippen LogP) is 3.27. The first-order valence-electron chi connectivity index (χ1n) is 10.7. The van der Waals surface area contributed by atoms with E-state index in [0.717, 1.165) is 29.5 Å². The number of aryl methyl sites for hydroxylation is 1. The highest BCUT2D eigenvalue weighted by molar-refractivity contribution is 6.05. The number of amides is 1. The zero-order chi connectivity index (χ0) is 22.2. The van der Waals surface area contributed by atoms with Gasteiger partial charge in [-0.15, -0.1) is 0 Å². The van der Waals surface area contributed by atoms with Gasteiger partial charge < -0.3 is 15.0 Å². The molecule has 1 fully saturated rings. The number of carbonyl (C=O) groups excluding carboxylic acids is 1. The molecule has 8 heteroatoms. The van der Waals surface area contributed by atoms with Gasteiger partial charge >= 0.3 is 0 Å². The number of benzene rings is 1. The third kappa shape index (κ3) is 3.78. The third-order valence-corrected chi connectivity index (χ3v) is 6.11. The first-order chi connectivity index (χ1) is 15.5. The van der Waals surface area contributed by atoms with Crippen molar-refractivity contribution in [3.63, 3.8) is 0 Å². The van der Waals surface area contributed by atoms with Gasteiger partial charge in [-0.25, -0.2) is 4.39 Å². The van der Waals surface area contributed by atoms with Crippen LogP contribution in [0.3, 0.4) is 0 Å². The van der Waals surface area contributed by atoms with Crippen LogP contribution in [0.2, 0.25) is 0 Å². The van der Waals surface area contributed by atoms with Crippen LogP contribution >= 0.6 is 0 Å². The smallest absolute Gasteiger partial charge is 0.255 e. The number of hydrogen-bond acceptors (Lipinski definition) is 4. The maximum atomic E-state index is 14.9. The van der Waals surface area contributed by atoms with E-state index in [2.05, 4.69) is 15.4 Å². The number of aromatic nitrogens is 4. The van der Waals surface area contributed by atoms with E-state index in [-0.39, 0.29) is 24.3 Å². The summed E-state index contributed by atoms with van der Waals surface area (Å²) in [6, 6.07) is 8.55. The Morgan fingerprint density at radius 2 is 2.12 bits per heavy atom. The van der Waals surface area contributed by atoms with Crippen molar-refractivity contribution in [3.05, 3.63) is 72.1 Å². The van der Waals surface area contributed by atoms with Crippen LogP contribution in [0.25, 0.3) is 22.2 Å². The Hall–Kier alpha value is -3.52. The van der Waals surface area contributed by atoms with Crippen LogP contribution in [-0.4, -0.2) is 42.5 Å². The van der Waals surface area contributed by atoms with Crippen molar-refractivity contribution >= 4 is 16.9 Å². The Balaban J connectivity index is 1.44. The van der Waals surface area contributed by atoms with Gasteiger partial charge in [-0.05, 0) is 43.0 Å². The zero-order valence-corrected chi connectivity index (χ0v) is 17.7. The number of fused-ring (bicyclic) bond motifs is 1. The van der Waals surface area contributed by atoms with E-state index in [1.165, 1.54) is 6.07 Å². The molecule has 2 atom stereocenters. The highest BCUT2D eigenvalue weighted by Crippen LogP contribution is 2.25. The van der Waals surface area contributed by atoms with Crippen molar-refractivity contribution < 1.29 is 14.3 Å². The lowest BCUT2D eigenvalue weighted by molar-refractivity contribution is 0.0874. The van der Waals surface area contributed by atoms with Crippen LogP contribution < -0.4 is 5.32 Å². The van der Waals surface area contributed by atoms with Crippen molar-refractivity contribution in [2.75, 3.05) is 0 Å². The van der Waals surface area contributed by atoms with Crippen LogP contribution in [-0.2, 0) is 13.6 Å². The van der Waals surface area contributed by atoms with Crippen LogP contribution in [0.4, 0.5) is 4.39 Å². The fourth-order valence-electron chi connectivity index (χ4n) is 4.38. The molecule has 1 amide bonds. The van der Waals surface area contributed by atoms with E-state index >= 15 is 0 Å². The molecule has 3 aromatic heterocycles. The van der Waals surface area contributed by atoms with Gasteiger partial charge in [0.25, 0.3) is 5.91 Å². The van der Waals surface area contributed by atoms with E-state index in [9.17, 15) is 14.3 Å². The fourth-order valence-corrected chi connectivity index (χ4v) is 4.38. The summed E-state index contributed by atoms with van der Waals surface area (Å²) >= 11 is 0. The van der Waals surface area contributed by atoms with E-state index in [1.807, 2.05) is 29.9 Å². The monoisotopic (exact) mass is 433 g/mol. The van der Waals surface area contributed by atoms with Crippen LogP contribution in [0.15, 0.2) is 55.1 Å². The molecule has 0 unspecified atom stereocenters. The number of pyridine rings is 1. The third-order valence-electron chi connectivity index (χ3n) is 6.11. The van der Waals surface area contributed by atoms with Crippen molar-refractivity contribution in [3.8, 4) is 11.1 Å². The number of nitrogens with one attached hydrogen (secondary N) is 1. The quantitative estimate of drug-likeness (QED) is 0.506. The Morgan fingerprint density at radius 1 is 1.25 bits per heavy atom. The zero-order valence-electron chi connectivity index (χ0n) is 17.7. The molecular formula is C24H24FN5O2. The average Bonchev–Trinajstić information content (AvgIpc) is 3.49. The first kappa shape index (κ1) is 20.4. The van der Waals surface area contributed by atoms with Gasteiger partial charge in [0.15, 0.2) is 0 Å². The number of nitrogens with zero attached hydrogens (tertiary/aromatic N) is 4. The Morgan fingerprint density at radius 3 is 2.84 bits per heavy atom. The molecule has 7 nitrogen and oxygen atoms in total. The molecule has 1 aliphatic rings. The van der Waals surface area contributed by atoms with Gasteiger partial charge in [0.05, 0.1) is 36.0 Å². The number of aliphatic hydroxyl groups excluding tert-OH is 1.